The summed E-state index contributed by atoms with van der Waals surface area (Å²) in [5, 5.41) is 6.78. The van der Waals surface area contributed by atoms with Gasteiger partial charge in [-0.25, -0.2) is 0 Å². The van der Waals surface area contributed by atoms with Crippen LogP contribution < -0.4 is 10.6 Å². The van der Waals surface area contributed by atoms with Gasteiger partial charge in [0.25, 0.3) is 0 Å². The fourth-order valence-electron chi connectivity index (χ4n) is 2.30. The Morgan fingerprint density at radius 2 is 1.88 bits per heavy atom. The Bertz CT molecular complexity index is 490. The molecule has 1 aromatic carbocycles. The molecule has 0 spiro atoms. The van der Waals surface area contributed by atoms with Crippen LogP contribution in [0, 0.1) is 0 Å². The molecule has 2 N–H and O–H groups in total. The van der Waals surface area contributed by atoms with Crippen LogP contribution in [0.1, 0.15) is 11.6 Å². The van der Waals surface area contributed by atoms with E-state index in [-0.39, 0.29) is 0 Å². The van der Waals surface area contributed by atoms with Crippen LogP contribution in [-0.2, 0) is 0 Å². The van der Waals surface area contributed by atoms with Crippen LogP contribution in [0.5, 0.6) is 0 Å². The average molecular weight is 225 g/mol. The molecular weight excluding hydrogens is 210 g/mol. The van der Waals surface area contributed by atoms with Crippen molar-refractivity contribution in [2.45, 2.75) is 6.04 Å². The summed E-state index contributed by atoms with van der Waals surface area (Å²) in [6, 6.07) is 13.1. The third-order valence-electron chi connectivity index (χ3n) is 3.15. The predicted octanol–water partition coefficient (Wildman–Crippen LogP) is 1.94. The van der Waals surface area contributed by atoms with Crippen LogP contribution in [0.4, 0.5) is 0 Å². The molecule has 3 nitrogen and oxygen atoms in total. The molecule has 1 aliphatic rings. The minimum atomic E-state index is 0.402. The van der Waals surface area contributed by atoms with E-state index in [0.29, 0.717) is 6.04 Å². The fraction of sp³-hybridized carbons (Fsp3) is 0.214. The highest BCUT2D eigenvalue weighted by molar-refractivity contribution is 5.67. The first-order valence-corrected chi connectivity index (χ1v) is 5.88. The van der Waals surface area contributed by atoms with Crippen LogP contribution in [0.3, 0.4) is 0 Å². The van der Waals surface area contributed by atoms with E-state index >= 15 is 0 Å². The molecule has 2 heterocycles. The van der Waals surface area contributed by atoms with Gasteiger partial charge in [-0.05, 0) is 28.8 Å². The van der Waals surface area contributed by atoms with E-state index in [0.717, 1.165) is 13.2 Å². The monoisotopic (exact) mass is 225 g/mol. The topological polar surface area (TPSA) is 37.0 Å². The van der Waals surface area contributed by atoms with Crippen LogP contribution in [0.15, 0.2) is 48.8 Å². The highest BCUT2D eigenvalue weighted by atomic mass is 15.2. The van der Waals surface area contributed by atoms with Gasteiger partial charge >= 0.3 is 0 Å². The van der Waals surface area contributed by atoms with E-state index in [1.807, 2.05) is 12.4 Å². The zero-order chi connectivity index (χ0) is 11.5. The second kappa shape index (κ2) is 4.65. The number of aromatic nitrogens is 1. The lowest BCUT2D eigenvalue weighted by Gasteiger charge is -2.15. The molecule has 0 radical (unpaired) electrons. The first-order chi connectivity index (χ1) is 8.45. The van der Waals surface area contributed by atoms with Gasteiger partial charge in [-0.3, -0.25) is 10.3 Å². The highest BCUT2D eigenvalue weighted by Crippen LogP contribution is 2.28. The summed E-state index contributed by atoms with van der Waals surface area (Å²) in [4.78, 5) is 4.07. The standard InChI is InChI=1S/C14H15N3/c1-2-4-13(14-9-16-10-17-14)12(3-1)11-5-7-15-8-6-11/h1-8,14,16-17H,9-10H2. The largest absolute Gasteiger partial charge is 0.303 e. The van der Waals surface area contributed by atoms with Crippen molar-refractivity contribution in [3.8, 4) is 11.1 Å². The number of pyridine rings is 1. The molecule has 1 unspecified atom stereocenters. The molecule has 0 saturated carbocycles. The van der Waals surface area contributed by atoms with E-state index in [2.05, 4.69) is 52.0 Å². The Morgan fingerprint density at radius 3 is 2.65 bits per heavy atom. The number of nitrogens with one attached hydrogen (secondary N) is 2. The van der Waals surface area contributed by atoms with E-state index in [9.17, 15) is 0 Å². The average Bonchev–Trinajstić information content (AvgIpc) is 2.94. The second-order valence-corrected chi connectivity index (χ2v) is 4.21. The van der Waals surface area contributed by atoms with Gasteiger partial charge in [0, 0.05) is 31.6 Å². The molecule has 2 aromatic rings. The third kappa shape index (κ3) is 2.07. The smallest absolute Gasteiger partial charge is 0.0463 e. The first kappa shape index (κ1) is 10.4. The number of benzene rings is 1. The van der Waals surface area contributed by atoms with Gasteiger partial charge in [0.1, 0.15) is 0 Å². The molecular formula is C14H15N3. The van der Waals surface area contributed by atoms with Crippen molar-refractivity contribution in [3.05, 3.63) is 54.4 Å². The zero-order valence-electron chi connectivity index (χ0n) is 9.56. The van der Waals surface area contributed by atoms with Gasteiger partial charge in [0.15, 0.2) is 0 Å². The van der Waals surface area contributed by atoms with Crippen molar-refractivity contribution in [1.82, 2.24) is 15.6 Å². The lowest BCUT2D eigenvalue weighted by atomic mass is 9.96. The molecule has 1 saturated heterocycles. The quantitative estimate of drug-likeness (QED) is 0.820. The number of hydrogen-bond donors (Lipinski definition) is 2. The second-order valence-electron chi connectivity index (χ2n) is 4.21. The van der Waals surface area contributed by atoms with Gasteiger partial charge in [0.05, 0.1) is 0 Å². The molecule has 0 bridgehead atoms. The molecule has 1 fully saturated rings. The summed E-state index contributed by atoms with van der Waals surface area (Å²) in [6.45, 7) is 1.87. The summed E-state index contributed by atoms with van der Waals surface area (Å²) in [6.07, 6.45) is 3.68. The van der Waals surface area contributed by atoms with Gasteiger partial charge in [-0.15, -0.1) is 0 Å². The van der Waals surface area contributed by atoms with Crippen molar-refractivity contribution >= 4 is 0 Å². The van der Waals surface area contributed by atoms with Crippen molar-refractivity contribution in [2.75, 3.05) is 13.2 Å². The molecule has 86 valence electrons. The maximum Gasteiger partial charge on any atom is 0.0463 e. The molecule has 0 amide bonds. The fourth-order valence-corrected chi connectivity index (χ4v) is 2.30. The summed E-state index contributed by atoms with van der Waals surface area (Å²) in [5.74, 6) is 0. The Labute approximate surface area is 101 Å². The van der Waals surface area contributed by atoms with E-state index < -0.39 is 0 Å². The summed E-state index contributed by atoms with van der Waals surface area (Å²) in [7, 11) is 0. The normalized spacial score (nSPS) is 19.4. The number of nitrogens with zero attached hydrogens (tertiary/aromatic N) is 1. The molecule has 1 aromatic heterocycles. The SMILES string of the molecule is c1ccc(C2CNCN2)c(-c2ccncc2)c1. The minimum Gasteiger partial charge on any atom is -0.303 e. The maximum absolute atomic E-state index is 4.07. The Morgan fingerprint density at radius 1 is 1.06 bits per heavy atom. The maximum atomic E-state index is 4.07. The molecule has 1 aliphatic heterocycles. The number of rotatable bonds is 2. The van der Waals surface area contributed by atoms with Crippen LogP contribution in [0.25, 0.3) is 11.1 Å². The van der Waals surface area contributed by atoms with E-state index in [1.165, 1.54) is 16.7 Å². The predicted molar refractivity (Wildman–Crippen MR) is 68.4 cm³/mol. The van der Waals surface area contributed by atoms with E-state index in [1.54, 1.807) is 0 Å². The Kier molecular flexibility index (Phi) is 2.86. The molecule has 3 heteroatoms. The highest BCUT2D eigenvalue weighted by Gasteiger charge is 2.18. The van der Waals surface area contributed by atoms with Gasteiger partial charge < -0.3 is 5.32 Å². The Hall–Kier alpha value is -1.71. The summed E-state index contributed by atoms with van der Waals surface area (Å²) < 4.78 is 0. The number of hydrogen-bond acceptors (Lipinski definition) is 3. The van der Waals surface area contributed by atoms with Crippen molar-refractivity contribution in [3.63, 3.8) is 0 Å². The lowest BCUT2D eigenvalue weighted by Crippen LogP contribution is -2.15. The van der Waals surface area contributed by atoms with Crippen LogP contribution in [-0.4, -0.2) is 18.2 Å². The van der Waals surface area contributed by atoms with Crippen molar-refractivity contribution < 1.29 is 0 Å². The van der Waals surface area contributed by atoms with Crippen molar-refractivity contribution in [2.24, 2.45) is 0 Å². The lowest BCUT2D eigenvalue weighted by molar-refractivity contribution is 0.678. The molecule has 0 aliphatic carbocycles. The molecule has 3 rings (SSSR count). The Balaban J connectivity index is 2.04. The van der Waals surface area contributed by atoms with Crippen LogP contribution >= 0.6 is 0 Å². The zero-order valence-corrected chi connectivity index (χ0v) is 9.56. The minimum absolute atomic E-state index is 0.402. The van der Waals surface area contributed by atoms with E-state index in [4.69, 9.17) is 0 Å². The summed E-state index contributed by atoms with van der Waals surface area (Å²) >= 11 is 0. The van der Waals surface area contributed by atoms with Gasteiger partial charge in [-0.2, -0.15) is 0 Å². The van der Waals surface area contributed by atoms with Crippen molar-refractivity contribution in [1.29, 1.82) is 0 Å². The summed E-state index contributed by atoms with van der Waals surface area (Å²) in [5.41, 5.74) is 3.86. The molecule has 1 atom stereocenters. The van der Waals surface area contributed by atoms with Gasteiger partial charge in [0.2, 0.25) is 0 Å². The first-order valence-electron chi connectivity index (χ1n) is 5.88. The molecule has 17 heavy (non-hydrogen) atoms. The third-order valence-corrected chi connectivity index (χ3v) is 3.15. The van der Waals surface area contributed by atoms with Gasteiger partial charge in [-0.1, -0.05) is 24.3 Å². The van der Waals surface area contributed by atoms with Crippen LogP contribution in [0.2, 0.25) is 0 Å².